The van der Waals surface area contributed by atoms with Crippen LogP contribution in [0.2, 0.25) is 0 Å². The van der Waals surface area contributed by atoms with Gasteiger partial charge < -0.3 is 19.5 Å². The first kappa shape index (κ1) is 18.4. The second-order valence-electron chi connectivity index (χ2n) is 6.16. The van der Waals surface area contributed by atoms with E-state index in [0.717, 1.165) is 5.56 Å². The summed E-state index contributed by atoms with van der Waals surface area (Å²) in [5, 5.41) is 3.00. The topological polar surface area (TPSA) is 56.8 Å². The zero-order chi connectivity index (χ0) is 18.4. The van der Waals surface area contributed by atoms with E-state index in [9.17, 15) is 9.18 Å². The van der Waals surface area contributed by atoms with Crippen molar-refractivity contribution in [3.8, 4) is 5.75 Å². The van der Waals surface area contributed by atoms with Crippen molar-refractivity contribution >= 4 is 5.91 Å². The Morgan fingerprint density at radius 3 is 2.92 bits per heavy atom. The molecule has 0 aromatic heterocycles. The fourth-order valence-electron chi connectivity index (χ4n) is 2.88. The minimum atomic E-state index is -0.302. The van der Waals surface area contributed by atoms with E-state index >= 15 is 0 Å². The van der Waals surface area contributed by atoms with Gasteiger partial charge in [0, 0.05) is 19.3 Å². The Labute approximate surface area is 152 Å². The minimum absolute atomic E-state index is 0.0851. The number of carbonyl (C=O) groups excluding carboxylic acids is 1. The van der Waals surface area contributed by atoms with Gasteiger partial charge in [-0.15, -0.1) is 0 Å². The van der Waals surface area contributed by atoms with Gasteiger partial charge in [-0.25, -0.2) is 4.39 Å². The second kappa shape index (κ2) is 8.78. The maximum atomic E-state index is 13.2. The smallest absolute Gasteiger partial charge is 0.251 e. The van der Waals surface area contributed by atoms with Gasteiger partial charge in [0.05, 0.1) is 12.6 Å². The molecule has 1 aliphatic heterocycles. The number of halogens is 1. The standard InChI is InChI=1S/C20H22FNO4/c1-24-19-13-25-9-8-18(19)22-20(23)15-5-3-7-17(11-15)26-12-14-4-2-6-16(21)10-14/h2-7,10-11,18-19H,8-9,12-13H2,1H3,(H,22,23)/t18-,19-/m1/s1. The van der Waals surface area contributed by atoms with Crippen molar-refractivity contribution in [1.82, 2.24) is 5.32 Å². The molecule has 1 heterocycles. The quantitative estimate of drug-likeness (QED) is 0.862. The molecular formula is C20H22FNO4. The monoisotopic (exact) mass is 359 g/mol. The number of methoxy groups -OCH3 is 1. The van der Waals surface area contributed by atoms with Gasteiger partial charge >= 0.3 is 0 Å². The molecule has 0 spiro atoms. The molecule has 2 aromatic rings. The van der Waals surface area contributed by atoms with Gasteiger partial charge in [-0.1, -0.05) is 18.2 Å². The van der Waals surface area contributed by atoms with Crippen molar-refractivity contribution in [2.24, 2.45) is 0 Å². The average Bonchev–Trinajstić information content (AvgIpc) is 2.67. The summed E-state index contributed by atoms with van der Waals surface area (Å²) in [6.45, 7) is 1.30. The number of rotatable bonds is 6. The van der Waals surface area contributed by atoms with E-state index in [1.165, 1.54) is 12.1 Å². The highest BCUT2D eigenvalue weighted by Gasteiger charge is 2.27. The number of nitrogens with one attached hydrogen (secondary N) is 1. The molecule has 3 rings (SSSR count). The Bertz CT molecular complexity index is 752. The van der Waals surface area contributed by atoms with Crippen molar-refractivity contribution in [1.29, 1.82) is 0 Å². The van der Waals surface area contributed by atoms with E-state index in [1.54, 1.807) is 43.5 Å². The highest BCUT2D eigenvalue weighted by Crippen LogP contribution is 2.17. The first-order chi connectivity index (χ1) is 12.7. The molecular weight excluding hydrogens is 337 g/mol. The minimum Gasteiger partial charge on any atom is -0.489 e. The van der Waals surface area contributed by atoms with Gasteiger partial charge in [0.15, 0.2) is 0 Å². The molecule has 1 N–H and O–H groups in total. The second-order valence-corrected chi connectivity index (χ2v) is 6.16. The zero-order valence-corrected chi connectivity index (χ0v) is 14.6. The lowest BCUT2D eigenvalue weighted by molar-refractivity contribution is -0.0479. The van der Waals surface area contributed by atoms with Gasteiger partial charge in [-0.3, -0.25) is 4.79 Å². The van der Waals surface area contributed by atoms with Crippen LogP contribution >= 0.6 is 0 Å². The van der Waals surface area contributed by atoms with E-state index in [0.29, 0.717) is 30.9 Å². The third-order valence-corrected chi connectivity index (χ3v) is 4.31. The van der Waals surface area contributed by atoms with Gasteiger partial charge in [0.25, 0.3) is 5.91 Å². The molecule has 5 nitrogen and oxygen atoms in total. The third kappa shape index (κ3) is 4.80. The normalized spacial score (nSPS) is 19.8. The Hall–Kier alpha value is -2.44. The van der Waals surface area contributed by atoms with Crippen LogP contribution in [-0.4, -0.2) is 38.4 Å². The van der Waals surface area contributed by atoms with E-state index in [1.807, 2.05) is 0 Å². The van der Waals surface area contributed by atoms with Crippen molar-refractivity contribution in [3.05, 3.63) is 65.5 Å². The van der Waals surface area contributed by atoms with Gasteiger partial charge in [0.1, 0.15) is 24.3 Å². The lowest BCUT2D eigenvalue weighted by Gasteiger charge is -2.31. The van der Waals surface area contributed by atoms with Crippen LogP contribution in [0.3, 0.4) is 0 Å². The summed E-state index contributed by atoms with van der Waals surface area (Å²) in [7, 11) is 1.61. The van der Waals surface area contributed by atoms with E-state index < -0.39 is 0 Å². The molecule has 0 saturated carbocycles. The van der Waals surface area contributed by atoms with Crippen molar-refractivity contribution in [2.75, 3.05) is 20.3 Å². The first-order valence-corrected chi connectivity index (χ1v) is 8.54. The maximum absolute atomic E-state index is 13.2. The maximum Gasteiger partial charge on any atom is 0.251 e. The molecule has 1 fully saturated rings. The Kier molecular flexibility index (Phi) is 6.20. The Morgan fingerprint density at radius 2 is 2.12 bits per heavy atom. The number of hydrogen-bond donors (Lipinski definition) is 1. The predicted molar refractivity (Wildman–Crippen MR) is 94.7 cm³/mol. The molecule has 2 aromatic carbocycles. The van der Waals surface area contributed by atoms with E-state index in [2.05, 4.69) is 5.32 Å². The van der Waals surface area contributed by atoms with E-state index in [-0.39, 0.29) is 30.5 Å². The van der Waals surface area contributed by atoms with Crippen LogP contribution < -0.4 is 10.1 Å². The number of ether oxygens (including phenoxy) is 3. The molecule has 0 aliphatic carbocycles. The van der Waals surface area contributed by atoms with Crippen LogP contribution in [-0.2, 0) is 16.1 Å². The van der Waals surface area contributed by atoms with Crippen molar-refractivity contribution in [3.63, 3.8) is 0 Å². The van der Waals surface area contributed by atoms with Crippen LogP contribution in [0.15, 0.2) is 48.5 Å². The Balaban J connectivity index is 1.61. The van der Waals surface area contributed by atoms with E-state index in [4.69, 9.17) is 14.2 Å². The molecule has 1 amide bonds. The highest BCUT2D eigenvalue weighted by molar-refractivity contribution is 5.94. The molecule has 2 atom stereocenters. The van der Waals surface area contributed by atoms with Gasteiger partial charge in [-0.2, -0.15) is 0 Å². The summed E-state index contributed by atoms with van der Waals surface area (Å²) in [5.41, 5.74) is 1.23. The summed E-state index contributed by atoms with van der Waals surface area (Å²) in [6, 6.07) is 13.1. The lowest BCUT2D eigenvalue weighted by atomic mass is 10.1. The number of carbonyl (C=O) groups is 1. The highest BCUT2D eigenvalue weighted by atomic mass is 19.1. The van der Waals surface area contributed by atoms with Crippen LogP contribution in [0.4, 0.5) is 4.39 Å². The van der Waals surface area contributed by atoms with Crippen LogP contribution in [0.1, 0.15) is 22.3 Å². The largest absolute Gasteiger partial charge is 0.489 e. The zero-order valence-electron chi connectivity index (χ0n) is 14.6. The first-order valence-electron chi connectivity index (χ1n) is 8.54. The fourth-order valence-corrected chi connectivity index (χ4v) is 2.88. The lowest BCUT2D eigenvalue weighted by Crippen LogP contribution is -2.49. The summed E-state index contributed by atoms with van der Waals surface area (Å²) >= 11 is 0. The summed E-state index contributed by atoms with van der Waals surface area (Å²) in [4.78, 5) is 12.5. The number of hydrogen-bond acceptors (Lipinski definition) is 4. The molecule has 6 heteroatoms. The van der Waals surface area contributed by atoms with Crippen molar-refractivity contribution < 1.29 is 23.4 Å². The van der Waals surface area contributed by atoms with Crippen LogP contribution in [0, 0.1) is 5.82 Å². The third-order valence-electron chi connectivity index (χ3n) is 4.31. The molecule has 1 aliphatic rings. The summed E-state index contributed by atoms with van der Waals surface area (Å²) in [5.74, 6) is 0.0655. The van der Waals surface area contributed by atoms with Gasteiger partial charge in [-0.05, 0) is 42.3 Å². The summed E-state index contributed by atoms with van der Waals surface area (Å²) in [6.07, 6.45) is 0.556. The number of amides is 1. The molecule has 26 heavy (non-hydrogen) atoms. The SMILES string of the molecule is CO[C@@H]1COCC[C@H]1NC(=O)c1cccc(OCc2cccc(F)c2)c1. The molecule has 0 bridgehead atoms. The van der Waals surface area contributed by atoms with Gasteiger partial charge in [0.2, 0.25) is 0 Å². The van der Waals surface area contributed by atoms with Crippen molar-refractivity contribution in [2.45, 2.75) is 25.2 Å². The predicted octanol–water partition coefficient (Wildman–Crippen LogP) is 2.94. The molecule has 0 unspecified atom stereocenters. The number of benzene rings is 2. The fraction of sp³-hybridized carbons (Fsp3) is 0.350. The molecule has 138 valence electrons. The van der Waals surface area contributed by atoms with Crippen LogP contribution in [0.25, 0.3) is 0 Å². The molecule has 0 radical (unpaired) electrons. The average molecular weight is 359 g/mol. The summed E-state index contributed by atoms with van der Waals surface area (Å²) < 4.78 is 29.6. The molecule has 1 saturated heterocycles. The van der Waals surface area contributed by atoms with Crippen LogP contribution in [0.5, 0.6) is 5.75 Å². The Morgan fingerprint density at radius 1 is 1.27 bits per heavy atom.